The fourth-order valence-corrected chi connectivity index (χ4v) is 2.60. The van der Waals surface area contributed by atoms with Crippen molar-refractivity contribution in [2.45, 2.75) is 50.9 Å². The molecule has 2 fully saturated rings. The van der Waals surface area contributed by atoms with Crippen LogP contribution in [-0.2, 0) is 9.47 Å². The Hall–Kier alpha value is -0.160. The molecule has 1 aliphatic carbocycles. The Bertz CT molecular complexity index is 318. The average Bonchev–Trinajstić information content (AvgIpc) is 2.41. The molecule has 0 aromatic carbocycles. The summed E-state index contributed by atoms with van der Waals surface area (Å²) in [6.45, 7) is 4.89. The van der Waals surface area contributed by atoms with Crippen LogP contribution in [0.4, 0.5) is 0 Å². The van der Waals surface area contributed by atoms with Crippen LogP contribution >= 0.6 is 15.9 Å². The van der Waals surface area contributed by atoms with E-state index in [0.717, 1.165) is 43.3 Å². The van der Waals surface area contributed by atoms with Gasteiger partial charge in [-0.2, -0.15) is 0 Å². The minimum atomic E-state index is 0.390. The van der Waals surface area contributed by atoms with E-state index < -0.39 is 0 Å². The lowest BCUT2D eigenvalue weighted by Crippen LogP contribution is -2.42. The van der Waals surface area contributed by atoms with Crippen molar-refractivity contribution in [2.24, 2.45) is 0 Å². The standard InChI is InChI=1S/C15H24BrNO2/c1-2-12(16)4-3-9-18-14-10-15(11-14)19-13-5-7-17-8-6-13/h2-4,13-15,17H,5-11H2,1H3/b4-3-,12-2+. The van der Waals surface area contributed by atoms with Gasteiger partial charge in [0.1, 0.15) is 0 Å². The Morgan fingerprint density at radius 2 is 1.95 bits per heavy atom. The Kier molecular flexibility index (Phi) is 6.57. The molecule has 0 amide bonds. The van der Waals surface area contributed by atoms with Crippen molar-refractivity contribution >= 4 is 15.9 Å². The summed E-state index contributed by atoms with van der Waals surface area (Å²) in [5, 5.41) is 3.36. The normalized spacial score (nSPS) is 29.7. The van der Waals surface area contributed by atoms with Crippen molar-refractivity contribution < 1.29 is 9.47 Å². The van der Waals surface area contributed by atoms with Gasteiger partial charge in [-0.15, -0.1) is 0 Å². The van der Waals surface area contributed by atoms with Crippen LogP contribution in [0.1, 0.15) is 32.6 Å². The molecule has 0 spiro atoms. The van der Waals surface area contributed by atoms with Crippen LogP contribution in [0.5, 0.6) is 0 Å². The smallest absolute Gasteiger partial charge is 0.0654 e. The molecule has 0 aromatic heterocycles. The summed E-state index contributed by atoms with van der Waals surface area (Å²) in [5.41, 5.74) is 0. The molecule has 3 nitrogen and oxygen atoms in total. The van der Waals surface area contributed by atoms with E-state index in [0.29, 0.717) is 24.9 Å². The highest BCUT2D eigenvalue weighted by Crippen LogP contribution is 2.28. The molecule has 2 rings (SSSR count). The summed E-state index contributed by atoms with van der Waals surface area (Å²) in [4.78, 5) is 0. The molecular weight excluding hydrogens is 306 g/mol. The van der Waals surface area contributed by atoms with E-state index >= 15 is 0 Å². The van der Waals surface area contributed by atoms with Crippen LogP contribution in [0.15, 0.2) is 22.7 Å². The fraction of sp³-hybridized carbons (Fsp3) is 0.733. The van der Waals surface area contributed by atoms with Gasteiger partial charge in [0.15, 0.2) is 0 Å². The molecule has 0 radical (unpaired) electrons. The summed E-state index contributed by atoms with van der Waals surface area (Å²) < 4.78 is 12.9. The molecule has 19 heavy (non-hydrogen) atoms. The predicted molar refractivity (Wildman–Crippen MR) is 81.6 cm³/mol. The lowest BCUT2D eigenvalue weighted by molar-refractivity contribution is -0.126. The third-order valence-electron chi connectivity index (χ3n) is 3.70. The van der Waals surface area contributed by atoms with Gasteiger partial charge in [-0.1, -0.05) is 34.2 Å². The van der Waals surface area contributed by atoms with Gasteiger partial charge in [0.2, 0.25) is 0 Å². The van der Waals surface area contributed by atoms with Gasteiger partial charge in [-0.25, -0.2) is 0 Å². The maximum Gasteiger partial charge on any atom is 0.0654 e. The first-order valence-electron chi connectivity index (χ1n) is 7.24. The summed E-state index contributed by atoms with van der Waals surface area (Å²) in [5.74, 6) is 0. The number of hydrogen-bond donors (Lipinski definition) is 1. The SMILES string of the molecule is C/C=C(Br)\C=C/COC1CC(OC2CCNCC2)C1. The summed E-state index contributed by atoms with van der Waals surface area (Å²) >= 11 is 3.43. The maximum absolute atomic E-state index is 6.06. The zero-order valence-electron chi connectivity index (χ0n) is 11.6. The van der Waals surface area contributed by atoms with E-state index in [1.165, 1.54) is 0 Å². The van der Waals surface area contributed by atoms with E-state index in [9.17, 15) is 0 Å². The Balaban J connectivity index is 1.52. The average molecular weight is 330 g/mol. The molecule has 1 saturated heterocycles. The van der Waals surface area contributed by atoms with Crippen molar-refractivity contribution in [3.63, 3.8) is 0 Å². The minimum Gasteiger partial charge on any atom is -0.375 e. The molecule has 2 aliphatic rings. The molecule has 108 valence electrons. The first kappa shape index (κ1) is 15.2. The van der Waals surface area contributed by atoms with Crippen molar-refractivity contribution in [1.82, 2.24) is 5.32 Å². The monoisotopic (exact) mass is 329 g/mol. The maximum atomic E-state index is 6.06. The number of rotatable bonds is 6. The van der Waals surface area contributed by atoms with Crippen molar-refractivity contribution in [3.05, 3.63) is 22.7 Å². The number of ether oxygens (including phenoxy) is 2. The fourth-order valence-electron chi connectivity index (χ4n) is 2.42. The van der Waals surface area contributed by atoms with Gasteiger partial charge in [-0.05, 0) is 45.7 Å². The molecule has 1 heterocycles. The second-order valence-electron chi connectivity index (χ2n) is 5.21. The van der Waals surface area contributed by atoms with Gasteiger partial charge in [0.05, 0.1) is 24.9 Å². The zero-order chi connectivity index (χ0) is 13.5. The number of hydrogen-bond acceptors (Lipinski definition) is 3. The molecular formula is C15H24BrNO2. The Morgan fingerprint density at radius 3 is 2.63 bits per heavy atom. The molecule has 0 unspecified atom stereocenters. The predicted octanol–water partition coefficient (Wildman–Crippen LogP) is 3.16. The lowest BCUT2D eigenvalue weighted by atomic mass is 9.91. The molecule has 1 aliphatic heterocycles. The third-order valence-corrected chi connectivity index (χ3v) is 4.43. The van der Waals surface area contributed by atoms with Gasteiger partial charge < -0.3 is 14.8 Å². The van der Waals surface area contributed by atoms with Crippen molar-refractivity contribution in [2.75, 3.05) is 19.7 Å². The molecule has 1 N–H and O–H groups in total. The third kappa shape index (κ3) is 5.38. The highest BCUT2D eigenvalue weighted by molar-refractivity contribution is 9.11. The molecule has 1 saturated carbocycles. The number of halogens is 1. The van der Waals surface area contributed by atoms with Gasteiger partial charge in [0.25, 0.3) is 0 Å². The van der Waals surface area contributed by atoms with E-state index in [1.807, 2.05) is 25.2 Å². The van der Waals surface area contributed by atoms with E-state index in [4.69, 9.17) is 9.47 Å². The van der Waals surface area contributed by atoms with E-state index in [-0.39, 0.29) is 0 Å². The van der Waals surface area contributed by atoms with Crippen LogP contribution in [0, 0.1) is 0 Å². The lowest BCUT2D eigenvalue weighted by Gasteiger charge is -2.38. The minimum absolute atomic E-state index is 0.390. The molecule has 0 bridgehead atoms. The van der Waals surface area contributed by atoms with Crippen LogP contribution in [-0.4, -0.2) is 38.0 Å². The van der Waals surface area contributed by atoms with Crippen LogP contribution in [0.25, 0.3) is 0 Å². The quantitative estimate of drug-likeness (QED) is 0.759. The number of piperidine rings is 1. The summed E-state index contributed by atoms with van der Waals surface area (Å²) in [6, 6.07) is 0. The van der Waals surface area contributed by atoms with Gasteiger partial charge >= 0.3 is 0 Å². The molecule has 4 heteroatoms. The van der Waals surface area contributed by atoms with Gasteiger partial charge in [-0.3, -0.25) is 0 Å². The zero-order valence-corrected chi connectivity index (χ0v) is 13.2. The van der Waals surface area contributed by atoms with Gasteiger partial charge in [0, 0.05) is 4.48 Å². The Morgan fingerprint density at radius 1 is 1.21 bits per heavy atom. The van der Waals surface area contributed by atoms with Crippen molar-refractivity contribution in [3.8, 4) is 0 Å². The second kappa shape index (κ2) is 8.20. The highest BCUT2D eigenvalue weighted by atomic mass is 79.9. The summed E-state index contributed by atoms with van der Waals surface area (Å²) in [6.07, 6.45) is 11.8. The van der Waals surface area contributed by atoms with E-state index in [2.05, 4.69) is 21.2 Å². The Labute approximate surface area is 124 Å². The summed E-state index contributed by atoms with van der Waals surface area (Å²) in [7, 11) is 0. The van der Waals surface area contributed by atoms with E-state index in [1.54, 1.807) is 0 Å². The van der Waals surface area contributed by atoms with Crippen LogP contribution in [0.2, 0.25) is 0 Å². The second-order valence-corrected chi connectivity index (χ2v) is 6.13. The van der Waals surface area contributed by atoms with Crippen LogP contribution < -0.4 is 5.32 Å². The number of allylic oxidation sites excluding steroid dienone is 3. The molecule has 0 atom stereocenters. The molecule has 0 aromatic rings. The topological polar surface area (TPSA) is 30.5 Å². The van der Waals surface area contributed by atoms with Crippen molar-refractivity contribution in [1.29, 1.82) is 0 Å². The highest BCUT2D eigenvalue weighted by Gasteiger charge is 2.32. The van der Waals surface area contributed by atoms with Crippen LogP contribution in [0.3, 0.4) is 0 Å². The number of nitrogens with one attached hydrogen (secondary N) is 1. The first-order chi connectivity index (χ1) is 9.28. The first-order valence-corrected chi connectivity index (χ1v) is 8.03. The largest absolute Gasteiger partial charge is 0.375 e.